The maximum Gasteiger partial charge on any atom is 0.132 e. The minimum atomic E-state index is -1.87. The van der Waals surface area contributed by atoms with Crippen LogP contribution in [0, 0.1) is 22.7 Å². The fourth-order valence-electron chi connectivity index (χ4n) is 0.400. The van der Waals surface area contributed by atoms with E-state index in [0.717, 1.165) is 0 Å². The second kappa shape index (κ2) is 3.90. The van der Waals surface area contributed by atoms with Crippen molar-refractivity contribution in [1.29, 1.82) is 10.5 Å². The van der Waals surface area contributed by atoms with Crippen molar-refractivity contribution in [3.63, 3.8) is 0 Å². The van der Waals surface area contributed by atoms with Gasteiger partial charge in [0, 0.05) is 0 Å². The average molecular weight is 169 g/mol. The zero-order chi connectivity index (χ0) is 8.91. The zero-order valence-corrected chi connectivity index (χ0v) is 7.31. The van der Waals surface area contributed by atoms with Crippen molar-refractivity contribution in [3.05, 3.63) is 11.6 Å². The molecule has 0 amide bonds. The van der Waals surface area contributed by atoms with E-state index in [0.29, 0.717) is 5.75 Å². The average Bonchev–Trinajstić information content (AvgIpc) is 1.88. The minimum Gasteiger partial charge on any atom is -0.192 e. The number of nitriles is 2. The molecule has 0 aromatic carbocycles. The van der Waals surface area contributed by atoms with Crippen LogP contribution in [0.5, 0.6) is 0 Å². The van der Waals surface area contributed by atoms with Crippen LogP contribution in [0.1, 0.15) is 0 Å². The number of rotatable bonds is 2. The summed E-state index contributed by atoms with van der Waals surface area (Å²) in [6.45, 7) is 0. The van der Waals surface area contributed by atoms with E-state index in [9.17, 15) is 4.21 Å². The molecule has 0 heterocycles. The lowest BCUT2D eigenvalue weighted by Gasteiger charge is -1.92. The van der Waals surface area contributed by atoms with Gasteiger partial charge in [-0.2, -0.15) is 10.5 Å². The van der Waals surface area contributed by atoms with Gasteiger partial charge in [-0.05, 0) is 6.08 Å². The van der Waals surface area contributed by atoms with Crippen LogP contribution in [-0.4, -0.2) is 18.3 Å². The van der Waals surface area contributed by atoms with Gasteiger partial charge >= 0.3 is 0 Å². The van der Waals surface area contributed by atoms with Crippen molar-refractivity contribution in [1.82, 2.24) is 0 Å². The van der Waals surface area contributed by atoms with Crippen molar-refractivity contribution < 1.29 is 4.21 Å². The summed E-state index contributed by atoms with van der Waals surface area (Å²) in [5.74, 6) is 0.295. The highest BCUT2D eigenvalue weighted by Crippen LogP contribution is 1.97. The molecule has 3 nitrogen and oxygen atoms in total. The Balaban J connectivity index is 4.29. The van der Waals surface area contributed by atoms with Crippen LogP contribution >= 0.6 is 0 Å². The molecule has 0 aliphatic heterocycles. The lowest BCUT2D eigenvalue weighted by atomic mass is 10.3. The summed E-state index contributed by atoms with van der Waals surface area (Å²) in [6, 6.07) is 3.40. The third-order valence-corrected chi connectivity index (χ3v) is 1.90. The van der Waals surface area contributed by atoms with Crippen molar-refractivity contribution >= 4 is 9.93 Å². The van der Waals surface area contributed by atoms with Gasteiger partial charge in [0.1, 0.15) is 36.0 Å². The van der Waals surface area contributed by atoms with Crippen LogP contribution in [0.15, 0.2) is 11.6 Å². The first kappa shape index (κ1) is 9.87. The van der Waals surface area contributed by atoms with Gasteiger partial charge in [-0.3, -0.25) is 0 Å². The van der Waals surface area contributed by atoms with E-state index in [1.54, 1.807) is 24.6 Å². The Morgan fingerprint density at radius 1 is 1.45 bits per heavy atom. The van der Waals surface area contributed by atoms with Gasteiger partial charge in [-0.1, -0.05) is 0 Å². The molecule has 0 spiro atoms. The lowest BCUT2D eigenvalue weighted by molar-refractivity contribution is 0.592. The summed E-state index contributed by atoms with van der Waals surface area (Å²) in [5.41, 5.74) is 0.0291. The molecular weight excluding hydrogens is 160 g/mol. The summed E-state index contributed by atoms with van der Waals surface area (Å²) in [4.78, 5) is 0. The molecule has 0 fully saturated rings. The van der Waals surface area contributed by atoms with E-state index in [2.05, 4.69) is 0 Å². The molecule has 0 saturated carbocycles. The van der Waals surface area contributed by atoms with Crippen molar-refractivity contribution in [3.8, 4) is 12.1 Å². The topological polar surface area (TPSA) is 64.7 Å². The first-order chi connectivity index (χ1) is 4.99. The van der Waals surface area contributed by atoms with E-state index in [4.69, 9.17) is 10.5 Å². The number of hydrogen-bond acceptors (Lipinski definition) is 3. The van der Waals surface area contributed by atoms with Crippen LogP contribution in [0.25, 0.3) is 0 Å². The highest BCUT2D eigenvalue weighted by molar-refractivity contribution is 8.01. The molecule has 0 aliphatic rings. The summed E-state index contributed by atoms with van der Waals surface area (Å²) >= 11 is 0. The van der Waals surface area contributed by atoms with Crippen molar-refractivity contribution in [2.45, 2.75) is 0 Å². The second-order valence-electron chi connectivity index (χ2n) is 2.44. The van der Waals surface area contributed by atoms with E-state index in [1.165, 1.54) is 6.08 Å². The summed E-state index contributed by atoms with van der Waals surface area (Å²) in [5, 5.41) is 16.6. The van der Waals surface area contributed by atoms with Gasteiger partial charge in [0.25, 0.3) is 0 Å². The fourth-order valence-corrected chi connectivity index (χ4v) is 0.968. The Bertz CT molecular complexity index is 271. The highest BCUT2D eigenvalue weighted by atomic mass is 32.2. The maximum atomic E-state index is 11.1. The smallest absolute Gasteiger partial charge is 0.132 e. The predicted octanol–water partition coefficient (Wildman–Crippen LogP) is 0.719. The largest absolute Gasteiger partial charge is 0.192 e. The van der Waals surface area contributed by atoms with Gasteiger partial charge < -0.3 is 0 Å². The monoisotopic (exact) mass is 169 g/mol. The molecule has 0 atom stereocenters. The molecule has 11 heavy (non-hydrogen) atoms. The Morgan fingerprint density at radius 3 is 2.18 bits per heavy atom. The van der Waals surface area contributed by atoms with Crippen LogP contribution in [0.4, 0.5) is 0 Å². The maximum absolute atomic E-state index is 11.1. The van der Waals surface area contributed by atoms with Gasteiger partial charge in [0.05, 0.1) is 9.93 Å². The Labute approximate surface area is 67.4 Å². The van der Waals surface area contributed by atoms with Crippen molar-refractivity contribution in [2.24, 2.45) is 0 Å². The van der Waals surface area contributed by atoms with Crippen LogP contribution in [0.2, 0.25) is 0 Å². The summed E-state index contributed by atoms with van der Waals surface area (Å²) in [7, 11) is -1.87. The van der Waals surface area contributed by atoms with Gasteiger partial charge in [0.15, 0.2) is 0 Å². The van der Waals surface area contributed by atoms with Crippen LogP contribution in [0.3, 0.4) is 0 Å². The Kier molecular flexibility index (Phi) is 3.50. The van der Waals surface area contributed by atoms with Gasteiger partial charge in [-0.15, -0.1) is 4.21 Å². The summed E-state index contributed by atoms with van der Waals surface area (Å²) < 4.78 is 11.1. The molecule has 0 rings (SSSR count). The molecular formula is C7H9N2OS+. The first-order valence-corrected chi connectivity index (χ1v) is 5.46. The quantitative estimate of drug-likeness (QED) is 0.452. The SMILES string of the molecule is C[S+](C)(=O)CC=C(C#N)C#N. The minimum absolute atomic E-state index is 0.0291. The number of hydrogen-bond donors (Lipinski definition) is 0. The first-order valence-electron chi connectivity index (χ1n) is 2.92. The number of allylic oxidation sites excluding steroid dienone is 1. The van der Waals surface area contributed by atoms with Crippen LogP contribution in [-0.2, 0) is 14.1 Å². The normalized spacial score (nSPS) is 9.45. The second-order valence-corrected chi connectivity index (χ2v) is 5.65. The van der Waals surface area contributed by atoms with Gasteiger partial charge in [0.2, 0.25) is 0 Å². The molecule has 0 unspecified atom stereocenters. The molecule has 0 N–H and O–H groups in total. The zero-order valence-electron chi connectivity index (χ0n) is 6.50. The van der Waals surface area contributed by atoms with Gasteiger partial charge in [-0.25, -0.2) is 0 Å². The Morgan fingerprint density at radius 2 is 1.91 bits per heavy atom. The van der Waals surface area contributed by atoms with E-state index >= 15 is 0 Å². The van der Waals surface area contributed by atoms with E-state index in [1.807, 2.05) is 0 Å². The molecule has 4 heteroatoms. The number of nitrogens with zero attached hydrogens (tertiary/aromatic N) is 2. The fraction of sp³-hybridized carbons (Fsp3) is 0.429. The Hall–Kier alpha value is -1.13. The molecule has 58 valence electrons. The molecule has 0 radical (unpaired) electrons. The molecule has 0 aromatic heterocycles. The van der Waals surface area contributed by atoms with E-state index in [-0.39, 0.29) is 5.57 Å². The molecule has 0 bridgehead atoms. The third-order valence-electron chi connectivity index (χ3n) is 0.930. The highest BCUT2D eigenvalue weighted by Gasteiger charge is 2.09. The predicted molar refractivity (Wildman–Crippen MR) is 44.1 cm³/mol. The van der Waals surface area contributed by atoms with E-state index < -0.39 is 9.93 Å². The van der Waals surface area contributed by atoms with Crippen LogP contribution < -0.4 is 0 Å². The van der Waals surface area contributed by atoms with Crippen molar-refractivity contribution in [2.75, 3.05) is 18.3 Å². The molecule has 0 saturated heterocycles. The standard InChI is InChI=1S/C7H9N2OS/c1-11(2,10)4-3-7(5-8)6-9/h3H,4H2,1-2H3/q+1. The molecule has 0 aromatic rings. The summed E-state index contributed by atoms with van der Waals surface area (Å²) in [6.07, 6.45) is 4.59. The third kappa shape index (κ3) is 5.32. The molecule has 0 aliphatic carbocycles. The lowest BCUT2D eigenvalue weighted by Crippen LogP contribution is -2.08.